The highest BCUT2D eigenvalue weighted by atomic mass is 16.3. The molecular weight excluding hydrogens is 414 g/mol. The van der Waals surface area contributed by atoms with E-state index in [0.717, 1.165) is 56.3 Å². The Balaban J connectivity index is 1.18. The second-order valence-corrected chi connectivity index (χ2v) is 9.59. The number of nitrogens with one attached hydrogen (secondary N) is 2. The van der Waals surface area contributed by atoms with Crippen LogP contribution in [0.5, 0.6) is 0 Å². The minimum Gasteiger partial charge on any atom is -0.385 e. The minimum absolute atomic E-state index is 0.0173. The van der Waals surface area contributed by atoms with Crippen LogP contribution in [0.3, 0.4) is 0 Å². The van der Waals surface area contributed by atoms with Crippen molar-refractivity contribution in [3.05, 3.63) is 70.8 Å². The van der Waals surface area contributed by atoms with Crippen molar-refractivity contribution in [2.45, 2.75) is 63.6 Å². The van der Waals surface area contributed by atoms with E-state index in [4.69, 9.17) is 0 Å². The molecule has 3 N–H and O–H groups in total. The summed E-state index contributed by atoms with van der Waals surface area (Å²) >= 11 is 0. The first-order chi connectivity index (χ1) is 15.9. The summed E-state index contributed by atoms with van der Waals surface area (Å²) < 4.78 is 0. The summed E-state index contributed by atoms with van der Waals surface area (Å²) in [6, 6.07) is 16.2. The third-order valence-electron chi connectivity index (χ3n) is 7.14. The number of likely N-dealkylation sites (tertiary alicyclic amines) is 1. The van der Waals surface area contributed by atoms with Gasteiger partial charge in [0.1, 0.15) is 0 Å². The first-order valence-electron chi connectivity index (χ1n) is 12.1. The number of carbonyl (C=O) groups excluding carboxylic acids is 2. The van der Waals surface area contributed by atoms with Crippen molar-refractivity contribution in [2.75, 3.05) is 19.6 Å². The molecule has 2 aliphatic rings. The number of rotatable bonds is 7. The average molecular weight is 450 g/mol. The van der Waals surface area contributed by atoms with Crippen LogP contribution < -0.4 is 10.6 Å². The molecule has 4 rings (SSSR count). The van der Waals surface area contributed by atoms with E-state index in [2.05, 4.69) is 34.6 Å². The highest BCUT2D eigenvalue weighted by molar-refractivity contribution is 5.96. The van der Waals surface area contributed by atoms with Gasteiger partial charge in [0.15, 0.2) is 0 Å². The number of carbonyl (C=O) groups is 2. The molecule has 1 saturated heterocycles. The molecule has 0 atom stereocenters. The summed E-state index contributed by atoms with van der Waals surface area (Å²) in [4.78, 5) is 26.9. The smallest absolute Gasteiger partial charge is 0.251 e. The van der Waals surface area contributed by atoms with Crippen molar-refractivity contribution in [1.29, 1.82) is 0 Å². The van der Waals surface area contributed by atoms with Gasteiger partial charge < -0.3 is 15.7 Å². The second kappa shape index (κ2) is 10.1. The van der Waals surface area contributed by atoms with Gasteiger partial charge in [-0.2, -0.15) is 0 Å². The number of benzene rings is 2. The summed E-state index contributed by atoms with van der Waals surface area (Å²) in [7, 11) is 0. The third kappa shape index (κ3) is 5.63. The highest BCUT2D eigenvalue weighted by Crippen LogP contribution is 2.39. The lowest BCUT2D eigenvalue weighted by Crippen LogP contribution is -2.63. The molecule has 176 valence electrons. The maximum Gasteiger partial charge on any atom is 0.251 e. The molecule has 0 radical (unpaired) electrons. The Bertz CT molecular complexity index is 992. The molecule has 0 aromatic heterocycles. The van der Waals surface area contributed by atoms with Crippen molar-refractivity contribution in [3.63, 3.8) is 0 Å². The number of amides is 2. The quantitative estimate of drug-likeness (QED) is 0.607. The number of hydrogen-bond acceptors (Lipinski definition) is 4. The largest absolute Gasteiger partial charge is 0.385 e. The Morgan fingerprint density at radius 1 is 1.09 bits per heavy atom. The van der Waals surface area contributed by atoms with Crippen LogP contribution in [0.4, 0.5) is 0 Å². The van der Waals surface area contributed by atoms with Gasteiger partial charge in [-0.25, -0.2) is 0 Å². The van der Waals surface area contributed by atoms with Gasteiger partial charge >= 0.3 is 0 Å². The van der Waals surface area contributed by atoms with Gasteiger partial charge in [0, 0.05) is 24.7 Å². The van der Waals surface area contributed by atoms with Gasteiger partial charge in [-0.05, 0) is 62.3 Å². The molecule has 2 aromatic carbocycles. The molecule has 1 aliphatic carbocycles. The van der Waals surface area contributed by atoms with Crippen LogP contribution in [0.2, 0.25) is 0 Å². The molecule has 2 fully saturated rings. The molecule has 1 aliphatic heterocycles. The molecule has 6 heteroatoms. The zero-order valence-corrected chi connectivity index (χ0v) is 19.6. The topological polar surface area (TPSA) is 81.7 Å². The molecule has 6 nitrogen and oxygen atoms in total. The van der Waals surface area contributed by atoms with Crippen molar-refractivity contribution in [2.24, 2.45) is 0 Å². The van der Waals surface area contributed by atoms with Gasteiger partial charge in [0.25, 0.3) is 5.91 Å². The maximum atomic E-state index is 12.2. The molecule has 2 aromatic rings. The summed E-state index contributed by atoms with van der Waals surface area (Å²) in [5.41, 5.74) is 3.16. The lowest BCUT2D eigenvalue weighted by molar-refractivity contribution is -0.122. The molecule has 0 bridgehead atoms. The Labute approximate surface area is 196 Å². The molecule has 1 saturated carbocycles. The molecular formula is C27H35N3O3. The van der Waals surface area contributed by atoms with E-state index in [9.17, 15) is 14.7 Å². The van der Waals surface area contributed by atoms with E-state index < -0.39 is 5.60 Å². The predicted octanol–water partition coefficient (Wildman–Crippen LogP) is 2.92. The van der Waals surface area contributed by atoms with Crippen molar-refractivity contribution in [1.82, 2.24) is 15.5 Å². The number of aryl methyl sites for hydroxylation is 2. The summed E-state index contributed by atoms with van der Waals surface area (Å²) in [5.74, 6) is -0.391. The zero-order chi connectivity index (χ0) is 23.4. The predicted molar refractivity (Wildman–Crippen MR) is 129 cm³/mol. The normalized spacial score (nSPS) is 23.5. The van der Waals surface area contributed by atoms with Crippen LogP contribution in [0.1, 0.15) is 59.7 Å². The Morgan fingerprint density at radius 3 is 2.52 bits per heavy atom. The van der Waals surface area contributed by atoms with Crippen LogP contribution in [-0.2, 0) is 16.8 Å². The van der Waals surface area contributed by atoms with Crippen LogP contribution in [-0.4, -0.2) is 53.5 Å². The lowest BCUT2D eigenvalue weighted by Gasteiger charge is -2.48. The SMILES string of the molecule is CCc1cccc(C2(O)CCC(N3CC(NC(=O)CNC(=O)c4cccc(C)c4)C3)CC2)c1. The zero-order valence-electron chi connectivity index (χ0n) is 19.6. The van der Waals surface area contributed by atoms with Crippen LogP contribution in [0.25, 0.3) is 0 Å². The molecule has 1 heterocycles. The van der Waals surface area contributed by atoms with Gasteiger partial charge in [-0.15, -0.1) is 0 Å². The van der Waals surface area contributed by atoms with E-state index in [0.29, 0.717) is 11.6 Å². The second-order valence-electron chi connectivity index (χ2n) is 9.59. The maximum absolute atomic E-state index is 12.2. The fraction of sp³-hybridized carbons (Fsp3) is 0.481. The van der Waals surface area contributed by atoms with E-state index in [-0.39, 0.29) is 24.4 Å². The first-order valence-corrected chi connectivity index (χ1v) is 12.1. The van der Waals surface area contributed by atoms with Gasteiger partial charge in [-0.3, -0.25) is 14.5 Å². The monoisotopic (exact) mass is 449 g/mol. The Hall–Kier alpha value is -2.70. The Kier molecular flexibility index (Phi) is 7.15. The van der Waals surface area contributed by atoms with E-state index in [1.807, 2.05) is 37.3 Å². The highest BCUT2D eigenvalue weighted by Gasteiger charge is 2.40. The number of aliphatic hydroxyl groups is 1. The third-order valence-corrected chi connectivity index (χ3v) is 7.14. The van der Waals surface area contributed by atoms with Crippen molar-refractivity contribution < 1.29 is 14.7 Å². The first kappa shape index (κ1) is 23.5. The van der Waals surface area contributed by atoms with Crippen molar-refractivity contribution in [3.8, 4) is 0 Å². The Morgan fingerprint density at radius 2 is 1.82 bits per heavy atom. The lowest BCUT2D eigenvalue weighted by atomic mass is 9.76. The standard InChI is InChI=1S/C27H35N3O3/c1-3-20-7-5-9-22(15-20)27(33)12-10-24(11-13-27)30-17-23(18-30)29-25(31)16-28-26(32)21-8-4-6-19(2)14-21/h4-9,14-15,23-24,33H,3,10-13,16-18H2,1-2H3,(H,28,32)(H,29,31). The minimum atomic E-state index is -0.727. The van der Waals surface area contributed by atoms with Crippen LogP contribution in [0, 0.1) is 6.92 Å². The summed E-state index contributed by atoms with van der Waals surface area (Å²) in [5, 5.41) is 16.9. The number of nitrogens with zero attached hydrogens (tertiary/aromatic N) is 1. The van der Waals surface area contributed by atoms with Gasteiger partial charge in [-0.1, -0.05) is 48.9 Å². The van der Waals surface area contributed by atoms with Crippen molar-refractivity contribution >= 4 is 11.8 Å². The van der Waals surface area contributed by atoms with Crippen LogP contribution in [0.15, 0.2) is 48.5 Å². The molecule has 33 heavy (non-hydrogen) atoms. The number of hydrogen-bond donors (Lipinski definition) is 3. The average Bonchev–Trinajstić information content (AvgIpc) is 2.80. The summed E-state index contributed by atoms with van der Waals surface area (Å²) in [6.07, 6.45) is 4.43. The van der Waals surface area contributed by atoms with Gasteiger partial charge in [0.05, 0.1) is 18.2 Å². The van der Waals surface area contributed by atoms with Crippen LogP contribution >= 0.6 is 0 Å². The van der Waals surface area contributed by atoms with Gasteiger partial charge in [0.2, 0.25) is 5.91 Å². The van der Waals surface area contributed by atoms with E-state index in [1.165, 1.54) is 5.56 Å². The molecule has 0 unspecified atom stereocenters. The molecule has 0 spiro atoms. The fourth-order valence-corrected chi connectivity index (χ4v) is 5.04. The molecule has 2 amide bonds. The summed E-state index contributed by atoms with van der Waals surface area (Å²) in [6.45, 7) is 5.70. The van der Waals surface area contributed by atoms with E-state index >= 15 is 0 Å². The van der Waals surface area contributed by atoms with E-state index in [1.54, 1.807) is 6.07 Å². The fourth-order valence-electron chi connectivity index (χ4n) is 5.04.